The van der Waals surface area contributed by atoms with Crippen LogP contribution in [0.3, 0.4) is 0 Å². The fourth-order valence-corrected chi connectivity index (χ4v) is 2.29. The number of nitrogens with zero attached hydrogens (tertiary/aromatic N) is 1. The molecule has 0 spiro atoms. The van der Waals surface area contributed by atoms with Crippen LogP contribution >= 0.6 is 0 Å². The van der Waals surface area contributed by atoms with Gasteiger partial charge in [-0.05, 0) is 28.7 Å². The molecule has 3 aromatic rings. The predicted molar refractivity (Wildman–Crippen MR) is 82.0 cm³/mol. The monoisotopic (exact) mass is 265 g/mol. The number of oxazole rings is 1. The van der Waals surface area contributed by atoms with Crippen molar-refractivity contribution >= 4 is 11.1 Å². The van der Waals surface area contributed by atoms with Crippen LogP contribution in [0.4, 0.5) is 0 Å². The smallest absolute Gasteiger partial charge is 0.199 e. The predicted octanol–water partition coefficient (Wildman–Crippen LogP) is 4.72. The van der Waals surface area contributed by atoms with E-state index in [4.69, 9.17) is 4.42 Å². The molecular formula is C18H19NO. The Morgan fingerprint density at radius 1 is 1.00 bits per heavy atom. The molecule has 0 bridgehead atoms. The number of fused-ring (bicyclic) bond motifs is 1. The van der Waals surface area contributed by atoms with Crippen LogP contribution in [0.1, 0.15) is 37.8 Å². The molecule has 0 amide bonds. The van der Waals surface area contributed by atoms with Crippen LogP contribution < -0.4 is 0 Å². The molecule has 0 radical (unpaired) electrons. The minimum Gasteiger partial charge on any atom is -0.440 e. The van der Waals surface area contributed by atoms with E-state index in [0.29, 0.717) is 0 Å². The van der Waals surface area contributed by atoms with Crippen molar-refractivity contribution in [3.8, 4) is 0 Å². The first-order valence-corrected chi connectivity index (χ1v) is 6.96. The molecule has 0 aliphatic heterocycles. The second kappa shape index (κ2) is 4.78. The molecule has 2 nitrogen and oxygen atoms in total. The average Bonchev–Trinajstić information content (AvgIpc) is 2.80. The highest BCUT2D eigenvalue weighted by Gasteiger charge is 2.15. The van der Waals surface area contributed by atoms with Gasteiger partial charge in [-0.1, -0.05) is 57.2 Å². The Morgan fingerprint density at radius 2 is 1.75 bits per heavy atom. The lowest BCUT2D eigenvalue weighted by Gasteiger charge is -2.18. The molecule has 3 rings (SSSR count). The molecule has 0 aliphatic rings. The molecule has 0 aliphatic carbocycles. The molecule has 0 fully saturated rings. The standard InChI is InChI=1S/C18H19NO/c1-18(2,3)14-9-10-16-15(12-14)19-17(20-16)11-13-7-5-4-6-8-13/h4-10,12H,11H2,1-3H3. The van der Waals surface area contributed by atoms with Crippen LogP contribution in [0.25, 0.3) is 11.1 Å². The van der Waals surface area contributed by atoms with Gasteiger partial charge in [-0.15, -0.1) is 0 Å². The summed E-state index contributed by atoms with van der Waals surface area (Å²) in [5, 5.41) is 0. The lowest BCUT2D eigenvalue weighted by atomic mass is 9.87. The Balaban J connectivity index is 1.95. The maximum Gasteiger partial charge on any atom is 0.199 e. The van der Waals surface area contributed by atoms with Crippen molar-refractivity contribution in [2.45, 2.75) is 32.6 Å². The van der Waals surface area contributed by atoms with Gasteiger partial charge in [0.25, 0.3) is 0 Å². The van der Waals surface area contributed by atoms with E-state index in [1.807, 2.05) is 24.3 Å². The quantitative estimate of drug-likeness (QED) is 0.670. The summed E-state index contributed by atoms with van der Waals surface area (Å²) in [6.07, 6.45) is 0.736. The molecule has 2 aromatic carbocycles. The Labute approximate surface area is 119 Å². The highest BCUT2D eigenvalue weighted by atomic mass is 16.3. The second-order valence-electron chi connectivity index (χ2n) is 6.20. The zero-order valence-electron chi connectivity index (χ0n) is 12.2. The van der Waals surface area contributed by atoms with Gasteiger partial charge in [0.15, 0.2) is 11.5 Å². The number of aromatic nitrogens is 1. The third-order valence-electron chi connectivity index (χ3n) is 3.50. The lowest BCUT2D eigenvalue weighted by Crippen LogP contribution is -2.10. The molecule has 0 saturated carbocycles. The normalized spacial score (nSPS) is 11.9. The molecule has 1 heterocycles. The molecular weight excluding hydrogens is 246 g/mol. The van der Waals surface area contributed by atoms with E-state index in [9.17, 15) is 0 Å². The molecule has 0 atom stereocenters. The van der Waals surface area contributed by atoms with Gasteiger partial charge in [0.05, 0.1) is 0 Å². The summed E-state index contributed by atoms with van der Waals surface area (Å²) in [5.74, 6) is 0.775. The van der Waals surface area contributed by atoms with Crippen molar-refractivity contribution in [1.82, 2.24) is 4.98 Å². The van der Waals surface area contributed by atoms with Crippen molar-refractivity contribution in [2.75, 3.05) is 0 Å². The SMILES string of the molecule is CC(C)(C)c1ccc2oc(Cc3ccccc3)nc2c1. The Kier molecular flexibility index (Phi) is 3.09. The van der Waals surface area contributed by atoms with Crippen LogP contribution in [0.15, 0.2) is 52.9 Å². The zero-order chi connectivity index (χ0) is 14.2. The molecule has 0 unspecified atom stereocenters. The van der Waals surface area contributed by atoms with Crippen molar-refractivity contribution in [3.63, 3.8) is 0 Å². The largest absolute Gasteiger partial charge is 0.440 e. The number of hydrogen-bond acceptors (Lipinski definition) is 2. The van der Waals surface area contributed by atoms with Crippen molar-refractivity contribution in [1.29, 1.82) is 0 Å². The zero-order valence-corrected chi connectivity index (χ0v) is 12.2. The minimum atomic E-state index is 0.132. The van der Waals surface area contributed by atoms with E-state index in [2.05, 4.69) is 50.0 Å². The van der Waals surface area contributed by atoms with E-state index >= 15 is 0 Å². The van der Waals surface area contributed by atoms with Crippen LogP contribution in [0, 0.1) is 0 Å². The molecule has 0 N–H and O–H groups in total. The first-order valence-electron chi connectivity index (χ1n) is 6.96. The van der Waals surface area contributed by atoms with Gasteiger partial charge in [0.1, 0.15) is 5.52 Å². The van der Waals surface area contributed by atoms with Gasteiger partial charge in [0.2, 0.25) is 0 Å². The Bertz CT molecular complexity index is 720. The van der Waals surface area contributed by atoms with Crippen LogP contribution in [-0.2, 0) is 11.8 Å². The van der Waals surface area contributed by atoms with Crippen LogP contribution in [0.5, 0.6) is 0 Å². The first kappa shape index (κ1) is 12.9. The summed E-state index contributed by atoms with van der Waals surface area (Å²) in [6, 6.07) is 16.6. The third kappa shape index (κ3) is 2.60. The van der Waals surface area contributed by atoms with Gasteiger partial charge in [-0.3, -0.25) is 0 Å². The van der Waals surface area contributed by atoms with Crippen molar-refractivity contribution in [3.05, 3.63) is 65.5 Å². The van der Waals surface area contributed by atoms with E-state index < -0.39 is 0 Å². The highest BCUT2D eigenvalue weighted by Crippen LogP contribution is 2.26. The van der Waals surface area contributed by atoms with E-state index in [1.165, 1.54) is 11.1 Å². The van der Waals surface area contributed by atoms with Gasteiger partial charge in [-0.25, -0.2) is 4.98 Å². The van der Waals surface area contributed by atoms with E-state index in [-0.39, 0.29) is 5.41 Å². The fraction of sp³-hybridized carbons (Fsp3) is 0.278. The first-order chi connectivity index (χ1) is 9.52. The van der Waals surface area contributed by atoms with Gasteiger partial charge in [-0.2, -0.15) is 0 Å². The van der Waals surface area contributed by atoms with Gasteiger partial charge >= 0.3 is 0 Å². The van der Waals surface area contributed by atoms with Crippen molar-refractivity contribution < 1.29 is 4.42 Å². The van der Waals surface area contributed by atoms with Gasteiger partial charge < -0.3 is 4.42 Å². The van der Waals surface area contributed by atoms with E-state index in [1.54, 1.807) is 0 Å². The Morgan fingerprint density at radius 3 is 2.45 bits per heavy atom. The highest BCUT2D eigenvalue weighted by molar-refractivity contribution is 5.73. The summed E-state index contributed by atoms with van der Waals surface area (Å²) in [7, 11) is 0. The number of benzene rings is 2. The maximum atomic E-state index is 5.83. The summed E-state index contributed by atoms with van der Waals surface area (Å²) >= 11 is 0. The lowest BCUT2D eigenvalue weighted by molar-refractivity contribution is 0.543. The summed E-state index contributed by atoms with van der Waals surface area (Å²) in [4.78, 5) is 4.62. The molecule has 0 saturated heterocycles. The third-order valence-corrected chi connectivity index (χ3v) is 3.50. The number of hydrogen-bond donors (Lipinski definition) is 0. The number of rotatable bonds is 2. The molecule has 20 heavy (non-hydrogen) atoms. The average molecular weight is 265 g/mol. The minimum absolute atomic E-state index is 0.132. The summed E-state index contributed by atoms with van der Waals surface area (Å²) in [6.45, 7) is 6.62. The van der Waals surface area contributed by atoms with Gasteiger partial charge in [0, 0.05) is 6.42 Å². The van der Waals surface area contributed by atoms with Crippen molar-refractivity contribution in [2.24, 2.45) is 0 Å². The second-order valence-corrected chi connectivity index (χ2v) is 6.20. The molecule has 102 valence electrons. The maximum absolute atomic E-state index is 5.83. The van der Waals surface area contributed by atoms with Crippen LogP contribution in [-0.4, -0.2) is 4.98 Å². The Hall–Kier alpha value is -2.09. The van der Waals surface area contributed by atoms with E-state index in [0.717, 1.165) is 23.4 Å². The molecule has 1 aromatic heterocycles. The fourth-order valence-electron chi connectivity index (χ4n) is 2.29. The molecule has 2 heteroatoms. The summed E-state index contributed by atoms with van der Waals surface area (Å²) in [5.41, 5.74) is 4.44. The topological polar surface area (TPSA) is 26.0 Å². The van der Waals surface area contributed by atoms with Crippen LogP contribution in [0.2, 0.25) is 0 Å². The summed E-state index contributed by atoms with van der Waals surface area (Å²) < 4.78 is 5.83.